The Balaban J connectivity index is 0.00000310. The third-order valence-corrected chi connectivity index (χ3v) is 13.2. The van der Waals surface area contributed by atoms with Crippen molar-refractivity contribution in [2.75, 3.05) is 19.0 Å². The maximum absolute atomic E-state index is 14.8. The molecule has 3 aliphatic rings. The number of sulfonamides is 1. The largest absolute Gasteiger partial charge is 0.494 e. The number of ether oxygens (including phenoxy) is 2. The van der Waals surface area contributed by atoms with E-state index in [1.807, 2.05) is 56.5 Å². The van der Waals surface area contributed by atoms with Gasteiger partial charge in [-0.3, -0.25) is 19.1 Å². The lowest BCUT2D eigenvalue weighted by Gasteiger charge is -2.35. The van der Waals surface area contributed by atoms with E-state index < -0.39 is 62.1 Å². The summed E-state index contributed by atoms with van der Waals surface area (Å²) in [5.74, 6) is -1.56. The molecule has 0 unspecified atom stereocenters. The number of anilines is 1. The molecule has 0 spiro atoms. The topological polar surface area (TPSA) is 169 Å². The first kappa shape index (κ1) is 44.0. The summed E-state index contributed by atoms with van der Waals surface area (Å²) in [6, 6.07) is 13.0. The van der Waals surface area contributed by atoms with E-state index in [1.165, 1.54) is 35.6 Å². The highest BCUT2D eigenvalue weighted by atomic mass is 35.5. The number of halogens is 3. The molecule has 3 fully saturated rings. The van der Waals surface area contributed by atoms with E-state index in [0.29, 0.717) is 39.5 Å². The predicted molar refractivity (Wildman–Crippen MR) is 226 cm³/mol. The molecule has 5 atom stereocenters. The lowest BCUT2D eigenvalue weighted by Crippen LogP contribution is -2.58. The Morgan fingerprint density at radius 2 is 1.82 bits per heavy atom. The highest BCUT2D eigenvalue weighted by molar-refractivity contribution is 7.91. The van der Waals surface area contributed by atoms with Gasteiger partial charge in [0.05, 0.1) is 30.8 Å². The van der Waals surface area contributed by atoms with Crippen LogP contribution < -0.4 is 24.8 Å². The molecule has 4 aromatic rings. The first-order valence-electron chi connectivity index (χ1n) is 18.0. The summed E-state index contributed by atoms with van der Waals surface area (Å²) in [7, 11) is -2.36. The molecule has 1 aliphatic heterocycles. The summed E-state index contributed by atoms with van der Waals surface area (Å²) in [5.41, 5.74) is -0.491. The van der Waals surface area contributed by atoms with Crippen LogP contribution in [-0.4, -0.2) is 83.6 Å². The molecule has 2 aromatic carbocycles. The number of hydrogen-bond acceptors (Lipinski definition) is 11. The number of fused-ring (bicyclic) bond motifs is 1. The molecule has 2 aliphatic carbocycles. The number of likely N-dealkylation sites (tertiary alicyclic amines) is 1. The van der Waals surface area contributed by atoms with Crippen molar-refractivity contribution < 1.29 is 32.3 Å². The molecule has 2 aromatic heterocycles. The van der Waals surface area contributed by atoms with Crippen LogP contribution in [0, 0.1) is 11.3 Å². The van der Waals surface area contributed by atoms with Gasteiger partial charge < -0.3 is 25.0 Å². The molecule has 306 valence electrons. The average molecular weight is 880 g/mol. The zero-order valence-corrected chi connectivity index (χ0v) is 35.7. The summed E-state index contributed by atoms with van der Waals surface area (Å²) in [6.07, 6.45) is 3.50. The number of rotatable bonds is 13. The molecule has 13 nitrogen and oxygen atoms in total. The maximum atomic E-state index is 14.8. The van der Waals surface area contributed by atoms with Crippen molar-refractivity contribution >= 4 is 91.4 Å². The van der Waals surface area contributed by atoms with Crippen molar-refractivity contribution in [1.82, 2.24) is 24.9 Å². The molecule has 3 amide bonds. The molecule has 7 rings (SSSR count). The fourth-order valence-electron chi connectivity index (χ4n) is 6.99. The molecule has 0 bridgehead atoms. The number of nitrogens with one attached hydrogen (secondary N) is 3. The third-order valence-electron chi connectivity index (χ3n) is 10.3. The summed E-state index contributed by atoms with van der Waals surface area (Å²) < 4.78 is 39.7. The van der Waals surface area contributed by atoms with Crippen LogP contribution in [0.5, 0.6) is 11.6 Å². The van der Waals surface area contributed by atoms with E-state index >= 15 is 0 Å². The Hall–Kier alpha value is -4.15. The zero-order chi connectivity index (χ0) is 39.3. The molecule has 3 heterocycles. The van der Waals surface area contributed by atoms with Crippen molar-refractivity contribution in [3.63, 3.8) is 0 Å². The summed E-state index contributed by atoms with van der Waals surface area (Å²) in [5, 5.41) is 9.76. The van der Waals surface area contributed by atoms with Crippen LogP contribution in [0.4, 0.5) is 5.13 Å². The highest BCUT2D eigenvalue weighted by Gasteiger charge is 2.62. The minimum atomic E-state index is -3.89. The van der Waals surface area contributed by atoms with Gasteiger partial charge in [0.1, 0.15) is 29.5 Å². The fourth-order valence-corrected chi connectivity index (χ4v) is 9.28. The predicted octanol–water partition coefficient (Wildman–Crippen LogP) is 6.41. The smallest absolute Gasteiger partial charge is 0.259 e. The van der Waals surface area contributed by atoms with Crippen LogP contribution >= 0.6 is 47.8 Å². The third kappa shape index (κ3) is 9.12. The van der Waals surface area contributed by atoms with Crippen LogP contribution in [0.2, 0.25) is 5.02 Å². The van der Waals surface area contributed by atoms with E-state index in [4.69, 9.17) is 26.1 Å². The number of aromatic nitrogens is 2. The molecular weight excluding hydrogens is 835 g/mol. The van der Waals surface area contributed by atoms with Gasteiger partial charge in [0.25, 0.3) is 5.91 Å². The first-order chi connectivity index (χ1) is 26.1. The number of thiazole rings is 1. The molecule has 57 heavy (non-hydrogen) atoms. The van der Waals surface area contributed by atoms with Crippen molar-refractivity contribution in [2.24, 2.45) is 11.3 Å². The second kappa shape index (κ2) is 17.0. The molecule has 1 saturated heterocycles. The number of amides is 3. The van der Waals surface area contributed by atoms with Crippen molar-refractivity contribution in [2.45, 2.75) is 75.4 Å². The standard InChI is InChI=1S/C39H43ClN6O7S2.2ClH/c1-6-23-18-39(23,36(49)45-55(50,51)26-13-14-26)44-33(47)30-17-25(53-34-28-16-24(40)12-15-27(28)31(52-5)19-41-34)20-46(30)35(48)32(38(2,3)4)43-37-42-29(21-54-37)22-10-8-7-9-11-22;;/h6-12,15-16,19,21,23,25-26,30,32H,1,13-14,17-18,20H2,2-5H3,(H,42,43)(H,44,47)(H,45,49);2*1H/t23-,25-,30+,32-,39-;;/m1../s1. The second-order valence-corrected chi connectivity index (χ2v) is 18.6. The van der Waals surface area contributed by atoms with Gasteiger partial charge in [-0.1, -0.05) is 68.8 Å². The van der Waals surface area contributed by atoms with Crippen LogP contribution in [0.15, 0.2) is 72.8 Å². The minimum absolute atomic E-state index is 0. The Bertz CT molecular complexity index is 2270. The van der Waals surface area contributed by atoms with E-state index in [0.717, 1.165) is 11.3 Å². The SMILES string of the molecule is C=C[C@@H]1C[C@]1(NC(=O)[C@@H]1C[C@@H](Oc2ncc(OC)c3ccc(Cl)cc23)CN1C(=O)[C@@H](Nc1nc(-c2ccccc2)cs1)C(C)(C)C)C(=O)NS(=O)(=O)C1CC1.Cl.Cl. The zero-order valence-electron chi connectivity index (χ0n) is 31.7. The first-order valence-corrected chi connectivity index (χ1v) is 20.8. The van der Waals surface area contributed by atoms with Crippen LogP contribution in [0.25, 0.3) is 22.0 Å². The van der Waals surface area contributed by atoms with Gasteiger partial charge in [-0.15, -0.1) is 42.7 Å². The number of methoxy groups -OCH3 is 1. The molecule has 2 saturated carbocycles. The molecule has 18 heteroatoms. The fraction of sp³-hybridized carbons (Fsp3) is 0.410. The van der Waals surface area contributed by atoms with Gasteiger partial charge in [0.2, 0.25) is 27.7 Å². The van der Waals surface area contributed by atoms with Gasteiger partial charge in [0.15, 0.2) is 5.13 Å². The Kier molecular flexibility index (Phi) is 13.1. The van der Waals surface area contributed by atoms with E-state index in [1.54, 1.807) is 18.2 Å². The Morgan fingerprint density at radius 3 is 2.46 bits per heavy atom. The van der Waals surface area contributed by atoms with Gasteiger partial charge in [-0.25, -0.2) is 18.4 Å². The minimum Gasteiger partial charge on any atom is -0.494 e. The van der Waals surface area contributed by atoms with E-state index in [-0.39, 0.29) is 56.0 Å². The lowest BCUT2D eigenvalue weighted by molar-refractivity contribution is -0.141. The Labute approximate surface area is 353 Å². The average Bonchev–Trinajstić information content (AvgIpc) is 4.04. The van der Waals surface area contributed by atoms with E-state index in [9.17, 15) is 22.8 Å². The van der Waals surface area contributed by atoms with Crippen LogP contribution in [0.3, 0.4) is 0 Å². The van der Waals surface area contributed by atoms with Gasteiger partial charge >= 0.3 is 0 Å². The maximum Gasteiger partial charge on any atom is 0.259 e. The van der Waals surface area contributed by atoms with Gasteiger partial charge in [0, 0.05) is 39.1 Å². The number of nitrogens with zero attached hydrogens (tertiary/aromatic N) is 3. The number of hydrogen-bond donors (Lipinski definition) is 3. The van der Waals surface area contributed by atoms with Crippen molar-refractivity contribution in [3.8, 4) is 22.9 Å². The Morgan fingerprint density at radius 1 is 1.11 bits per heavy atom. The number of carbonyl (C=O) groups is 3. The van der Waals surface area contributed by atoms with Crippen LogP contribution in [0.1, 0.15) is 46.5 Å². The summed E-state index contributed by atoms with van der Waals surface area (Å²) >= 11 is 7.74. The van der Waals surface area contributed by atoms with Crippen molar-refractivity contribution in [1.29, 1.82) is 0 Å². The second-order valence-electron chi connectivity index (χ2n) is 15.3. The van der Waals surface area contributed by atoms with Gasteiger partial charge in [-0.05, 0) is 42.9 Å². The number of carbonyl (C=O) groups excluding carboxylic acids is 3. The number of benzene rings is 2. The van der Waals surface area contributed by atoms with E-state index in [2.05, 4.69) is 26.9 Å². The summed E-state index contributed by atoms with van der Waals surface area (Å²) in [4.78, 5) is 53.5. The molecular formula is C39H45Cl3N6O7S2. The van der Waals surface area contributed by atoms with Crippen molar-refractivity contribution in [3.05, 3.63) is 77.8 Å². The van der Waals surface area contributed by atoms with Crippen LogP contribution in [-0.2, 0) is 24.4 Å². The molecule has 0 radical (unpaired) electrons. The summed E-state index contributed by atoms with van der Waals surface area (Å²) in [6.45, 7) is 9.57. The quantitative estimate of drug-likeness (QED) is 0.128. The number of pyridine rings is 1. The highest BCUT2D eigenvalue weighted by Crippen LogP contribution is 2.46. The van der Waals surface area contributed by atoms with Gasteiger partial charge in [-0.2, -0.15) is 0 Å². The molecule has 3 N–H and O–H groups in total. The monoisotopic (exact) mass is 878 g/mol. The normalized spacial score (nSPS) is 22.0. The lowest BCUT2D eigenvalue weighted by atomic mass is 9.85.